The van der Waals surface area contributed by atoms with Crippen molar-refractivity contribution in [2.24, 2.45) is 5.10 Å². The molecule has 0 atom stereocenters. The summed E-state index contributed by atoms with van der Waals surface area (Å²) in [4.78, 5) is 25.4. The number of hydrazone groups is 1. The summed E-state index contributed by atoms with van der Waals surface area (Å²) in [5.74, 6) is -0.337. The first kappa shape index (κ1) is 26.2. The van der Waals surface area contributed by atoms with Crippen molar-refractivity contribution in [3.05, 3.63) is 83.2 Å². The number of nitrogens with one attached hydrogen (secondary N) is 2. The minimum absolute atomic E-state index is 0. The van der Waals surface area contributed by atoms with Gasteiger partial charge in [0.2, 0.25) is 11.9 Å². The summed E-state index contributed by atoms with van der Waals surface area (Å²) >= 11 is 0. The smallest absolute Gasteiger partial charge is 0.742 e. The molecule has 1 aliphatic rings. The van der Waals surface area contributed by atoms with Gasteiger partial charge in [-0.05, 0) is 48.0 Å². The van der Waals surface area contributed by atoms with E-state index in [1.165, 1.54) is 12.1 Å². The van der Waals surface area contributed by atoms with Crippen molar-refractivity contribution in [2.45, 2.75) is 5.09 Å². The normalized spacial score (nSPS) is 12.8. The van der Waals surface area contributed by atoms with Gasteiger partial charge in [-0.15, -0.1) is 0 Å². The second-order valence-corrected chi connectivity index (χ2v) is 8.11. The van der Waals surface area contributed by atoms with Crippen molar-refractivity contribution in [3.63, 3.8) is 0 Å². The van der Waals surface area contributed by atoms with Crippen molar-refractivity contribution in [1.82, 2.24) is 10.7 Å². The van der Waals surface area contributed by atoms with Gasteiger partial charge in [0.15, 0.2) is 21.6 Å². The van der Waals surface area contributed by atoms with E-state index < -0.39 is 27.0 Å². The summed E-state index contributed by atoms with van der Waals surface area (Å²) in [7, 11) is -4.76. The molecule has 1 aromatic heterocycles. The van der Waals surface area contributed by atoms with E-state index in [-0.39, 0.29) is 47.8 Å². The van der Waals surface area contributed by atoms with E-state index in [1.54, 1.807) is 48.5 Å². The molecule has 2 aromatic carbocycles. The van der Waals surface area contributed by atoms with E-state index >= 15 is 0 Å². The Morgan fingerprint density at radius 3 is 2.46 bits per heavy atom. The fraction of sp³-hybridized carbons (Fsp3) is 0.0455. The predicted octanol–water partition coefficient (Wildman–Crippen LogP) is -1.16. The summed E-state index contributed by atoms with van der Waals surface area (Å²) in [6.07, 6.45) is 2.42. The van der Waals surface area contributed by atoms with Crippen LogP contribution in [-0.2, 0) is 14.9 Å². The van der Waals surface area contributed by atoms with Gasteiger partial charge in [-0.3, -0.25) is 9.59 Å². The van der Waals surface area contributed by atoms with Crippen molar-refractivity contribution in [3.8, 4) is 11.5 Å². The molecule has 0 aliphatic carbocycles. The number of hydrogen-bond acceptors (Lipinski definition) is 9. The summed E-state index contributed by atoms with van der Waals surface area (Å²) in [6.45, 7) is 0.0808. The number of nitrogens with zero attached hydrogens (tertiary/aromatic N) is 1. The van der Waals surface area contributed by atoms with Gasteiger partial charge in [-0.2, -0.15) is 5.10 Å². The molecule has 0 fully saturated rings. The van der Waals surface area contributed by atoms with Crippen LogP contribution in [0.15, 0.2) is 81.0 Å². The molecule has 4 rings (SSSR count). The maximum Gasteiger partial charge on any atom is 1.00 e. The molecule has 2 heterocycles. The van der Waals surface area contributed by atoms with Gasteiger partial charge in [0.25, 0.3) is 11.8 Å². The number of fused-ring (bicyclic) bond motifs is 1. The molecule has 1 aliphatic heterocycles. The van der Waals surface area contributed by atoms with Crippen LogP contribution in [0, 0.1) is 0 Å². The van der Waals surface area contributed by atoms with Crippen LogP contribution in [0.4, 0.5) is 0 Å². The van der Waals surface area contributed by atoms with Gasteiger partial charge in [0.05, 0.1) is 6.21 Å². The zero-order valence-electron chi connectivity index (χ0n) is 18.3. The molecule has 3 aromatic rings. The van der Waals surface area contributed by atoms with Gasteiger partial charge in [0, 0.05) is 5.56 Å². The van der Waals surface area contributed by atoms with Crippen LogP contribution in [0.25, 0.3) is 6.08 Å². The third kappa shape index (κ3) is 6.81. The van der Waals surface area contributed by atoms with E-state index in [1.807, 2.05) is 0 Å². The molecule has 0 spiro atoms. The zero-order valence-corrected chi connectivity index (χ0v) is 21.1. The fourth-order valence-corrected chi connectivity index (χ4v) is 3.30. The number of hydrogen-bond donors (Lipinski definition) is 2. The van der Waals surface area contributed by atoms with Crippen LogP contribution in [0.2, 0.25) is 0 Å². The quantitative estimate of drug-likeness (QED) is 0.134. The molecule has 0 saturated heterocycles. The van der Waals surface area contributed by atoms with E-state index in [4.69, 9.17) is 13.9 Å². The number of carbonyl (C=O) groups excluding carboxylic acids is 2. The third-order valence-electron chi connectivity index (χ3n) is 4.44. The summed E-state index contributed by atoms with van der Waals surface area (Å²) < 4.78 is 48.3. The minimum atomic E-state index is -4.76. The van der Waals surface area contributed by atoms with Crippen molar-refractivity contribution in [2.75, 3.05) is 6.79 Å². The van der Waals surface area contributed by atoms with Crippen LogP contribution in [0.3, 0.4) is 0 Å². The van der Waals surface area contributed by atoms with Gasteiger partial charge >= 0.3 is 29.6 Å². The van der Waals surface area contributed by atoms with Crippen LogP contribution in [0.1, 0.15) is 21.7 Å². The predicted molar refractivity (Wildman–Crippen MR) is 117 cm³/mol. The van der Waals surface area contributed by atoms with Crippen molar-refractivity contribution >= 4 is 34.2 Å². The Balaban J connectivity index is 0.00000342. The molecule has 0 unspecified atom stereocenters. The van der Waals surface area contributed by atoms with Crippen molar-refractivity contribution in [1.29, 1.82) is 0 Å². The number of carbonyl (C=O) groups is 2. The first-order valence-electron chi connectivity index (χ1n) is 9.66. The molecule has 0 radical (unpaired) electrons. The van der Waals surface area contributed by atoms with Crippen molar-refractivity contribution < 1.29 is 66.0 Å². The molecule has 35 heavy (non-hydrogen) atoms. The van der Waals surface area contributed by atoms with E-state index in [9.17, 15) is 22.6 Å². The fourth-order valence-electron chi connectivity index (χ4n) is 2.86. The molecule has 2 amide bonds. The number of rotatable bonds is 7. The monoisotopic (exact) mass is 505 g/mol. The van der Waals surface area contributed by atoms with Gasteiger partial charge in [0.1, 0.15) is 11.5 Å². The number of benzene rings is 2. The summed E-state index contributed by atoms with van der Waals surface area (Å²) in [5, 5.41) is 5.45. The number of furan rings is 1. The molecule has 13 heteroatoms. The Kier molecular flexibility index (Phi) is 8.48. The Labute approximate surface area is 221 Å². The molecule has 174 valence electrons. The minimum Gasteiger partial charge on any atom is -0.742 e. The maximum atomic E-state index is 12.8. The van der Waals surface area contributed by atoms with E-state index in [0.717, 1.165) is 12.3 Å². The van der Waals surface area contributed by atoms with Crippen LogP contribution >= 0.6 is 0 Å². The van der Waals surface area contributed by atoms with Crippen LogP contribution in [-0.4, -0.2) is 37.8 Å². The first-order chi connectivity index (χ1) is 16.3. The van der Waals surface area contributed by atoms with Crippen LogP contribution < -0.4 is 49.8 Å². The standard InChI is InChI=1S/C22H17N3O8S.Na/c26-21(15-4-2-1-3-5-15)24-17(10-14-6-8-18-19(11-14)32-13-31-18)22(27)25-23-12-16-7-9-20(33-16)34(28,29)30;/h1-12H,13H2,(H,24,26)(H,25,27)(H,28,29,30);/q;+1/p-1/b17-10+,23-12+;. The average Bonchev–Trinajstić information content (AvgIpc) is 3.48. The molecule has 0 bridgehead atoms. The number of amides is 2. The molecule has 2 N–H and O–H groups in total. The average molecular weight is 505 g/mol. The Morgan fingerprint density at radius 2 is 1.74 bits per heavy atom. The zero-order chi connectivity index (χ0) is 24.1. The van der Waals surface area contributed by atoms with Gasteiger partial charge in [-0.1, -0.05) is 24.3 Å². The third-order valence-corrected chi connectivity index (χ3v) is 5.16. The van der Waals surface area contributed by atoms with Gasteiger partial charge < -0.3 is 23.8 Å². The summed E-state index contributed by atoms with van der Waals surface area (Å²) in [6, 6.07) is 15.4. The Hall–Kier alpha value is -3.42. The van der Waals surface area contributed by atoms with E-state index in [0.29, 0.717) is 22.6 Å². The second-order valence-electron chi connectivity index (χ2n) is 6.80. The molecular weight excluding hydrogens is 489 g/mol. The SMILES string of the molecule is O=C(N/N=C/c1ccc(S(=O)(=O)[O-])o1)/C(=C\c1ccc2c(c1)OCO2)NC(=O)c1ccccc1.[Na+]. The number of ether oxygens (including phenoxy) is 2. The Bertz CT molecular complexity index is 1400. The first-order valence-corrected chi connectivity index (χ1v) is 11.1. The molecule has 0 saturated carbocycles. The molecular formula is C22H16N3NaO8S. The van der Waals surface area contributed by atoms with Gasteiger partial charge in [-0.25, -0.2) is 13.8 Å². The van der Waals surface area contributed by atoms with E-state index in [2.05, 4.69) is 15.8 Å². The van der Waals surface area contributed by atoms with Crippen LogP contribution in [0.5, 0.6) is 11.5 Å². The molecule has 11 nitrogen and oxygen atoms in total. The maximum absolute atomic E-state index is 12.8. The topological polar surface area (TPSA) is 159 Å². The second kappa shape index (κ2) is 11.3. The summed E-state index contributed by atoms with van der Waals surface area (Å²) in [5.41, 5.74) is 2.96. The largest absolute Gasteiger partial charge is 1.00 e. The Morgan fingerprint density at radius 1 is 1.00 bits per heavy atom.